The summed E-state index contributed by atoms with van der Waals surface area (Å²) in [7, 11) is 0. The maximum Gasteiger partial charge on any atom is 0.404 e. The highest BCUT2D eigenvalue weighted by atomic mass is 32.1. The predicted octanol–water partition coefficient (Wildman–Crippen LogP) is 1.51. The number of aromatic nitrogens is 1. The van der Waals surface area contributed by atoms with Crippen LogP contribution in [0.1, 0.15) is 36.2 Å². The number of hydrogen-bond donors (Lipinski definition) is 1. The second-order valence-electron chi connectivity index (χ2n) is 4.12. The number of carbonyl (C=O) groups is 3. The third kappa shape index (κ3) is 1.88. The van der Waals surface area contributed by atoms with Gasteiger partial charge in [-0.3, -0.25) is 14.6 Å². The molecule has 2 aromatic heterocycles. The van der Waals surface area contributed by atoms with E-state index in [1.54, 1.807) is 18.2 Å². The van der Waals surface area contributed by atoms with Gasteiger partial charge in [-0.05, 0) is 18.2 Å². The van der Waals surface area contributed by atoms with Gasteiger partial charge in [-0.15, -0.1) is 11.3 Å². The first-order valence-electron chi connectivity index (χ1n) is 5.67. The minimum absolute atomic E-state index is 0.0582. The van der Waals surface area contributed by atoms with Crippen molar-refractivity contribution in [2.24, 2.45) is 5.73 Å². The monoisotopic (exact) mass is 288 g/mol. The molecule has 2 aromatic rings. The number of pyridine rings is 1. The fourth-order valence-corrected chi connectivity index (χ4v) is 3.02. The summed E-state index contributed by atoms with van der Waals surface area (Å²) in [5, 5.41) is 0. The molecule has 2 heterocycles. The first-order chi connectivity index (χ1) is 9.58. The number of nitrogens with zero attached hydrogens (tertiary/aromatic N) is 1. The molecule has 0 unspecified atom stereocenters. The van der Waals surface area contributed by atoms with Crippen LogP contribution < -0.4 is 5.73 Å². The Kier molecular flexibility index (Phi) is 2.83. The van der Waals surface area contributed by atoms with E-state index < -0.39 is 6.09 Å². The van der Waals surface area contributed by atoms with Crippen molar-refractivity contribution in [1.29, 1.82) is 0 Å². The zero-order valence-electron chi connectivity index (χ0n) is 10.1. The Bertz CT molecular complexity index is 698. The third-order valence-corrected chi connectivity index (χ3v) is 3.97. The Labute approximate surface area is 117 Å². The molecular weight excluding hydrogens is 280 g/mol. The van der Waals surface area contributed by atoms with Gasteiger partial charge >= 0.3 is 6.09 Å². The fraction of sp³-hybridized carbons (Fsp3) is 0.0769. The van der Waals surface area contributed by atoms with E-state index in [-0.39, 0.29) is 23.9 Å². The summed E-state index contributed by atoms with van der Waals surface area (Å²) in [6.07, 6.45) is 0.568. The minimum atomic E-state index is -0.904. The molecule has 1 amide bonds. The van der Waals surface area contributed by atoms with Crippen molar-refractivity contribution in [2.45, 2.75) is 6.61 Å². The van der Waals surface area contributed by atoms with Gasteiger partial charge in [0, 0.05) is 16.6 Å². The van der Waals surface area contributed by atoms with E-state index in [1.807, 2.05) is 0 Å². The normalized spacial score (nSPS) is 12.8. The number of hydrogen-bond acceptors (Lipinski definition) is 6. The van der Waals surface area contributed by atoms with Crippen molar-refractivity contribution in [3.63, 3.8) is 0 Å². The lowest BCUT2D eigenvalue weighted by molar-refractivity contribution is 0.0978. The largest absolute Gasteiger partial charge is 0.444 e. The number of ether oxygens (including phenoxy) is 1. The number of thiophene rings is 1. The van der Waals surface area contributed by atoms with Crippen LogP contribution in [0.3, 0.4) is 0 Å². The van der Waals surface area contributed by atoms with E-state index in [9.17, 15) is 14.4 Å². The number of carbonyl (C=O) groups excluding carboxylic acids is 3. The summed E-state index contributed by atoms with van der Waals surface area (Å²) in [5.41, 5.74) is 5.67. The number of ketones is 2. The summed E-state index contributed by atoms with van der Waals surface area (Å²) in [4.78, 5) is 40.0. The topological polar surface area (TPSA) is 99.4 Å². The Morgan fingerprint density at radius 3 is 2.85 bits per heavy atom. The standard InChI is InChI=1S/C13H8N2O4S/c14-13(18)19-5-6-4-8-10(16)7-2-1-3-15-9(7)11(17)12(8)20-6/h1-4H,5H2,(H2,14,18). The predicted molar refractivity (Wildman–Crippen MR) is 69.8 cm³/mol. The van der Waals surface area contributed by atoms with Gasteiger partial charge in [0.1, 0.15) is 12.3 Å². The lowest BCUT2D eigenvalue weighted by Crippen LogP contribution is -2.19. The van der Waals surface area contributed by atoms with Gasteiger partial charge in [0.15, 0.2) is 5.78 Å². The fourth-order valence-electron chi connectivity index (χ4n) is 2.01. The van der Waals surface area contributed by atoms with Gasteiger partial charge in [0.2, 0.25) is 5.78 Å². The van der Waals surface area contributed by atoms with Crippen molar-refractivity contribution in [3.05, 3.63) is 51.0 Å². The molecule has 0 saturated carbocycles. The van der Waals surface area contributed by atoms with Crippen LogP contribution in [0.2, 0.25) is 0 Å². The molecule has 1 aliphatic carbocycles. The van der Waals surface area contributed by atoms with Crippen LogP contribution in [0.4, 0.5) is 4.79 Å². The maximum atomic E-state index is 12.3. The first kappa shape index (κ1) is 12.5. The number of amides is 1. The molecule has 2 N–H and O–H groups in total. The molecule has 0 fully saturated rings. The number of primary amides is 1. The highest BCUT2D eigenvalue weighted by Crippen LogP contribution is 2.32. The second-order valence-corrected chi connectivity index (χ2v) is 5.26. The molecule has 20 heavy (non-hydrogen) atoms. The molecule has 0 spiro atoms. The van der Waals surface area contributed by atoms with Gasteiger partial charge in [0.05, 0.1) is 10.4 Å². The van der Waals surface area contributed by atoms with Gasteiger partial charge in [0.25, 0.3) is 0 Å². The molecule has 0 radical (unpaired) electrons. The maximum absolute atomic E-state index is 12.3. The molecule has 0 atom stereocenters. The molecule has 0 saturated heterocycles. The van der Waals surface area contributed by atoms with Crippen LogP contribution in [-0.2, 0) is 11.3 Å². The second kappa shape index (κ2) is 4.53. The lowest BCUT2D eigenvalue weighted by atomic mass is 9.93. The van der Waals surface area contributed by atoms with Crippen molar-refractivity contribution >= 4 is 29.0 Å². The van der Waals surface area contributed by atoms with Crippen LogP contribution in [0, 0.1) is 0 Å². The van der Waals surface area contributed by atoms with Crippen LogP contribution in [0.25, 0.3) is 0 Å². The average molecular weight is 288 g/mol. The number of rotatable bonds is 2. The van der Waals surface area contributed by atoms with Crippen LogP contribution in [0.15, 0.2) is 24.4 Å². The van der Waals surface area contributed by atoms with E-state index >= 15 is 0 Å². The van der Waals surface area contributed by atoms with Gasteiger partial charge in [-0.2, -0.15) is 0 Å². The van der Waals surface area contributed by atoms with Crippen molar-refractivity contribution < 1.29 is 19.1 Å². The van der Waals surface area contributed by atoms with Crippen LogP contribution in [-0.4, -0.2) is 22.6 Å². The molecule has 3 rings (SSSR count). The molecular formula is C13H8N2O4S. The van der Waals surface area contributed by atoms with Crippen molar-refractivity contribution in [2.75, 3.05) is 0 Å². The molecule has 7 heteroatoms. The number of nitrogens with two attached hydrogens (primary N) is 1. The Morgan fingerprint density at radius 2 is 2.10 bits per heavy atom. The van der Waals surface area contributed by atoms with E-state index in [0.29, 0.717) is 20.9 Å². The quantitative estimate of drug-likeness (QED) is 0.770. The molecule has 100 valence electrons. The third-order valence-electron chi connectivity index (χ3n) is 2.86. The average Bonchev–Trinajstić information content (AvgIpc) is 2.87. The lowest BCUT2D eigenvalue weighted by Gasteiger charge is -2.11. The van der Waals surface area contributed by atoms with Crippen LogP contribution >= 0.6 is 11.3 Å². The molecule has 0 aliphatic heterocycles. The van der Waals surface area contributed by atoms with Gasteiger partial charge in [-0.25, -0.2) is 4.79 Å². The summed E-state index contributed by atoms with van der Waals surface area (Å²) >= 11 is 1.11. The zero-order chi connectivity index (χ0) is 14.3. The van der Waals surface area contributed by atoms with Crippen molar-refractivity contribution in [1.82, 2.24) is 4.98 Å². The minimum Gasteiger partial charge on any atom is -0.444 e. The summed E-state index contributed by atoms with van der Waals surface area (Å²) in [5.74, 6) is -0.533. The van der Waals surface area contributed by atoms with Gasteiger partial charge < -0.3 is 10.5 Å². The molecule has 0 aromatic carbocycles. The molecule has 0 bridgehead atoms. The molecule has 1 aliphatic rings. The Morgan fingerprint density at radius 1 is 1.30 bits per heavy atom. The van der Waals surface area contributed by atoms with E-state index in [1.165, 1.54) is 6.20 Å². The SMILES string of the molecule is NC(=O)OCc1cc2c(s1)C(=O)c1ncccc1C2=O. The van der Waals surface area contributed by atoms with E-state index in [4.69, 9.17) is 5.73 Å². The van der Waals surface area contributed by atoms with Gasteiger partial charge in [-0.1, -0.05) is 0 Å². The highest BCUT2D eigenvalue weighted by Gasteiger charge is 2.32. The van der Waals surface area contributed by atoms with Crippen LogP contribution in [0.5, 0.6) is 0 Å². The zero-order valence-corrected chi connectivity index (χ0v) is 10.9. The summed E-state index contributed by atoms with van der Waals surface area (Å²) in [6, 6.07) is 4.74. The Balaban J connectivity index is 2.03. The first-order valence-corrected chi connectivity index (χ1v) is 6.49. The van der Waals surface area contributed by atoms with E-state index in [2.05, 4.69) is 9.72 Å². The van der Waals surface area contributed by atoms with Crippen molar-refractivity contribution in [3.8, 4) is 0 Å². The highest BCUT2D eigenvalue weighted by molar-refractivity contribution is 7.14. The summed E-state index contributed by atoms with van der Waals surface area (Å²) in [6.45, 7) is -0.0582. The molecule has 6 nitrogen and oxygen atoms in total. The Hall–Kier alpha value is -2.54. The number of fused-ring (bicyclic) bond motifs is 2. The van der Waals surface area contributed by atoms with E-state index in [0.717, 1.165) is 11.3 Å². The summed E-state index contributed by atoms with van der Waals surface area (Å²) < 4.78 is 4.66. The smallest absolute Gasteiger partial charge is 0.404 e.